The zero-order chi connectivity index (χ0) is 16.4. The molecule has 1 aliphatic heterocycles. The molecule has 0 saturated carbocycles. The maximum absolute atomic E-state index is 11.7. The molecule has 1 fully saturated rings. The van der Waals surface area contributed by atoms with Gasteiger partial charge in [-0.2, -0.15) is 0 Å². The number of hydrogen-bond acceptors (Lipinski definition) is 5. The monoisotopic (exact) mass is 313 g/mol. The van der Waals surface area contributed by atoms with Crippen molar-refractivity contribution in [2.45, 2.75) is 25.8 Å². The molecule has 0 spiro atoms. The molecule has 1 aliphatic rings. The van der Waals surface area contributed by atoms with Crippen molar-refractivity contribution in [2.24, 2.45) is 0 Å². The topological polar surface area (TPSA) is 65.1 Å². The van der Waals surface area contributed by atoms with Gasteiger partial charge in [0.25, 0.3) is 5.56 Å². The summed E-state index contributed by atoms with van der Waals surface area (Å²) in [7, 11) is 4.24. The average Bonchev–Trinajstić information content (AvgIpc) is 3.04. The first-order valence-electron chi connectivity index (χ1n) is 8.05. The van der Waals surface area contributed by atoms with Crippen molar-refractivity contribution >= 4 is 5.82 Å². The number of H-pyrrole nitrogens is 1. The fraction of sp³-hybridized carbons (Fsp3) is 0.471. The van der Waals surface area contributed by atoms with Gasteiger partial charge in [-0.05, 0) is 39.1 Å². The van der Waals surface area contributed by atoms with Gasteiger partial charge in [-0.25, -0.2) is 9.97 Å². The van der Waals surface area contributed by atoms with E-state index in [9.17, 15) is 4.79 Å². The van der Waals surface area contributed by atoms with Gasteiger partial charge in [0.2, 0.25) is 0 Å². The van der Waals surface area contributed by atoms with Crippen LogP contribution in [0.3, 0.4) is 0 Å². The Morgan fingerprint density at radius 1 is 1.39 bits per heavy atom. The lowest BCUT2D eigenvalue weighted by Crippen LogP contribution is -2.31. The van der Waals surface area contributed by atoms with Crippen molar-refractivity contribution in [3.8, 4) is 11.4 Å². The second-order valence-corrected chi connectivity index (χ2v) is 6.20. The third kappa shape index (κ3) is 3.42. The van der Waals surface area contributed by atoms with Gasteiger partial charge < -0.3 is 14.8 Å². The summed E-state index contributed by atoms with van der Waals surface area (Å²) in [5, 5.41) is 0. The number of hydrogen-bond donors (Lipinski definition) is 1. The van der Waals surface area contributed by atoms with Crippen LogP contribution in [0.2, 0.25) is 0 Å². The molecule has 3 rings (SSSR count). The van der Waals surface area contributed by atoms with Gasteiger partial charge in [0.05, 0.1) is 0 Å². The number of likely N-dealkylation sites (N-methyl/N-ethyl adjacent to an activating group) is 1. The molecule has 0 bridgehead atoms. The van der Waals surface area contributed by atoms with Gasteiger partial charge in [0.1, 0.15) is 11.6 Å². The predicted octanol–water partition coefficient (Wildman–Crippen LogP) is 1.53. The molecule has 23 heavy (non-hydrogen) atoms. The number of nitrogens with zero attached hydrogens (tertiary/aromatic N) is 4. The molecule has 0 amide bonds. The van der Waals surface area contributed by atoms with E-state index in [1.165, 1.54) is 6.07 Å². The first-order chi connectivity index (χ1) is 11.1. The molecular weight excluding hydrogens is 290 g/mol. The summed E-state index contributed by atoms with van der Waals surface area (Å²) in [5.41, 5.74) is 1.51. The summed E-state index contributed by atoms with van der Waals surface area (Å²) in [6.45, 7) is 4.01. The van der Waals surface area contributed by atoms with E-state index in [1.807, 2.05) is 19.1 Å². The lowest BCUT2D eigenvalue weighted by atomic mass is 10.2. The molecule has 2 aromatic rings. The van der Waals surface area contributed by atoms with Crippen LogP contribution in [-0.2, 0) is 6.42 Å². The molecule has 0 radical (unpaired) electrons. The normalized spacial score (nSPS) is 17.9. The molecule has 6 heteroatoms. The van der Waals surface area contributed by atoms with Crippen LogP contribution in [-0.4, -0.2) is 53.1 Å². The van der Waals surface area contributed by atoms with Crippen LogP contribution in [0.5, 0.6) is 0 Å². The Kier molecular flexibility index (Phi) is 4.43. The standard InChI is InChI=1S/C17H23N5O/c1-4-13-9-16(23)20-17(19-13)12-5-6-15(18-10-12)22-8-7-14(11-22)21(2)3/h5-6,9-10,14H,4,7-8,11H2,1-3H3,(H,19,20,23). The number of aryl methyl sites for hydroxylation is 1. The highest BCUT2D eigenvalue weighted by Crippen LogP contribution is 2.22. The van der Waals surface area contributed by atoms with Gasteiger partial charge in [-0.15, -0.1) is 0 Å². The van der Waals surface area contributed by atoms with E-state index in [-0.39, 0.29) is 5.56 Å². The Morgan fingerprint density at radius 2 is 2.22 bits per heavy atom. The second-order valence-electron chi connectivity index (χ2n) is 6.20. The van der Waals surface area contributed by atoms with E-state index in [4.69, 9.17) is 0 Å². The predicted molar refractivity (Wildman–Crippen MR) is 91.8 cm³/mol. The molecule has 1 atom stereocenters. The smallest absolute Gasteiger partial charge is 0.251 e. The number of aromatic amines is 1. The number of nitrogens with one attached hydrogen (secondary N) is 1. The van der Waals surface area contributed by atoms with Crippen molar-refractivity contribution in [1.29, 1.82) is 0 Å². The van der Waals surface area contributed by atoms with Crippen molar-refractivity contribution in [3.05, 3.63) is 40.4 Å². The summed E-state index contributed by atoms with van der Waals surface area (Å²) in [5.74, 6) is 1.56. The number of anilines is 1. The molecule has 6 nitrogen and oxygen atoms in total. The van der Waals surface area contributed by atoms with Crippen LogP contribution in [0.25, 0.3) is 11.4 Å². The molecular formula is C17H23N5O. The minimum absolute atomic E-state index is 0.121. The van der Waals surface area contributed by atoms with Crippen LogP contribution in [0, 0.1) is 0 Å². The van der Waals surface area contributed by atoms with E-state index in [1.54, 1.807) is 6.20 Å². The minimum atomic E-state index is -0.121. The van der Waals surface area contributed by atoms with Crippen LogP contribution >= 0.6 is 0 Å². The molecule has 0 aromatic carbocycles. The number of rotatable bonds is 4. The Balaban J connectivity index is 1.80. The van der Waals surface area contributed by atoms with Crippen molar-refractivity contribution in [2.75, 3.05) is 32.1 Å². The van der Waals surface area contributed by atoms with Crippen LogP contribution in [0.4, 0.5) is 5.82 Å². The Morgan fingerprint density at radius 3 is 2.83 bits per heavy atom. The number of pyridine rings is 1. The summed E-state index contributed by atoms with van der Waals surface area (Å²) >= 11 is 0. The first kappa shape index (κ1) is 15.7. The zero-order valence-corrected chi connectivity index (χ0v) is 13.9. The van der Waals surface area contributed by atoms with Crippen molar-refractivity contribution in [3.63, 3.8) is 0 Å². The number of aromatic nitrogens is 3. The molecule has 1 unspecified atom stereocenters. The molecule has 2 aromatic heterocycles. The molecule has 1 N–H and O–H groups in total. The van der Waals surface area contributed by atoms with Gasteiger partial charge in [0.15, 0.2) is 0 Å². The highest BCUT2D eigenvalue weighted by atomic mass is 16.1. The first-order valence-corrected chi connectivity index (χ1v) is 8.05. The summed E-state index contributed by atoms with van der Waals surface area (Å²) in [4.78, 5) is 28.1. The summed E-state index contributed by atoms with van der Waals surface area (Å²) < 4.78 is 0. The van der Waals surface area contributed by atoms with E-state index in [2.05, 4.69) is 38.8 Å². The zero-order valence-electron chi connectivity index (χ0n) is 13.9. The van der Waals surface area contributed by atoms with Crippen molar-refractivity contribution in [1.82, 2.24) is 19.9 Å². The van der Waals surface area contributed by atoms with Crippen LogP contribution < -0.4 is 10.5 Å². The Labute approximate surface area is 136 Å². The highest BCUT2D eigenvalue weighted by Gasteiger charge is 2.24. The average molecular weight is 313 g/mol. The van der Waals surface area contributed by atoms with Crippen molar-refractivity contribution < 1.29 is 0 Å². The molecule has 3 heterocycles. The fourth-order valence-corrected chi connectivity index (χ4v) is 2.91. The quantitative estimate of drug-likeness (QED) is 0.927. The fourth-order valence-electron chi connectivity index (χ4n) is 2.91. The maximum atomic E-state index is 11.7. The van der Waals surface area contributed by atoms with Gasteiger partial charge in [-0.3, -0.25) is 4.79 Å². The van der Waals surface area contributed by atoms with Crippen LogP contribution in [0.15, 0.2) is 29.2 Å². The largest absolute Gasteiger partial charge is 0.355 e. The van der Waals surface area contributed by atoms with E-state index >= 15 is 0 Å². The SMILES string of the molecule is CCc1cc(=O)[nH]c(-c2ccc(N3CCC(N(C)C)C3)nc2)n1. The van der Waals surface area contributed by atoms with E-state index < -0.39 is 0 Å². The maximum Gasteiger partial charge on any atom is 0.251 e. The molecule has 1 saturated heterocycles. The Bertz CT molecular complexity index is 723. The molecule has 0 aliphatic carbocycles. The van der Waals surface area contributed by atoms with Gasteiger partial charge in [-0.1, -0.05) is 6.92 Å². The highest BCUT2D eigenvalue weighted by molar-refractivity contribution is 5.56. The van der Waals surface area contributed by atoms with Crippen LogP contribution in [0.1, 0.15) is 19.0 Å². The summed E-state index contributed by atoms with van der Waals surface area (Å²) in [6, 6.07) is 6.10. The third-order valence-electron chi connectivity index (χ3n) is 4.40. The Hall–Kier alpha value is -2.21. The van der Waals surface area contributed by atoms with Gasteiger partial charge >= 0.3 is 0 Å². The third-order valence-corrected chi connectivity index (χ3v) is 4.40. The second kappa shape index (κ2) is 6.50. The minimum Gasteiger partial charge on any atom is -0.355 e. The lowest BCUT2D eigenvalue weighted by Gasteiger charge is -2.21. The lowest BCUT2D eigenvalue weighted by molar-refractivity contribution is 0.315. The van der Waals surface area contributed by atoms with E-state index in [0.717, 1.165) is 43.0 Å². The van der Waals surface area contributed by atoms with E-state index in [0.29, 0.717) is 11.9 Å². The van der Waals surface area contributed by atoms with Gasteiger partial charge in [0, 0.05) is 42.7 Å². The molecule has 122 valence electrons. The summed E-state index contributed by atoms with van der Waals surface area (Å²) in [6.07, 6.45) is 3.68.